The fourth-order valence-corrected chi connectivity index (χ4v) is 1.96. The molecule has 1 aliphatic heterocycles. The van der Waals surface area contributed by atoms with Gasteiger partial charge in [0.1, 0.15) is 11.8 Å². The van der Waals surface area contributed by atoms with Crippen LogP contribution in [0.15, 0.2) is 36.5 Å². The topological polar surface area (TPSA) is 75.0 Å². The number of hydrogen-bond donors (Lipinski definition) is 1. The number of nitriles is 1. The van der Waals surface area contributed by atoms with Crippen molar-refractivity contribution < 1.29 is 9.53 Å². The first kappa shape index (κ1) is 12.9. The lowest BCUT2D eigenvalue weighted by Gasteiger charge is -2.17. The van der Waals surface area contributed by atoms with Crippen LogP contribution in [0.4, 0.5) is 5.69 Å². The van der Waals surface area contributed by atoms with Gasteiger partial charge in [-0.3, -0.25) is 9.78 Å². The van der Waals surface area contributed by atoms with E-state index in [4.69, 9.17) is 10.00 Å². The monoisotopic (exact) mass is 277 g/mol. The highest BCUT2D eigenvalue weighted by Gasteiger charge is 2.15. The molecular formula is C16H11N3O2. The number of carbonyl (C=O) groups excluding carboxylic acids is 1. The van der Waals surface area contributed by atoms with Crippen molar-refractivity contribution in [1.29, 1.82) is 5.26 Å². The zero-order valence-corrected chi connectivity index (χ0v) is 11.0. The third kappa shape index (κ3) is 2.90. The summed E-state index contributed by atoms with van der Waals surface area (Å²) in [5.41, 5.74) is 2.87. The van der Waals surface area contributed by atoms with Crippen LogP contribution < -0.4 is 10.1 Å². The highest BCUT2D eigenvalue weighted by atomic mass is 16.5. The molecule has 0 spiro atoms. The van der Waals surface area contributed by atoms with Crippen molar-refractivity contribution in [3.63, 3.8) is 0 Å². The molecule has 1 aliphatic rings. The van der Waals surface area contributed by atoms with E-state index in [1.165, 1.54) is 6.20 Å². The molecular weight excluding hydrogens is 266 g/mol. The van der Waals surface area contributed by atoms with Crippen LogP contribution in [0.2, 0.25) is 0 Å². The van der Waals surface area contributed by atoms with Gasteiger partial charge in [-0.05, 0) is 35.9 Å². The summed E-state index contributed by atoms with van der Waals surface area (Å²) in [6.07, 6.45) is 5.25. The quantitative estimate of drug-likeness (QED) is 0.914. The van der Waals surface area contributed by atoms with E-state index in [1.807, 2.05) is 36.4 Å². The van der Waals surface area contributed by atoms with Crippen molar-refractivity contribution in [2.24, 2.45) is 0 Å². The molecule has 5 nitrogen and oxygen atoms in total. The predicted molar refractivity (Wildman–Crippen MR) is 78.4 cm³/mol. The van der Waals surface area contributed by atoms with Gasteiger partial charge in [0.05, 0.1) is 16.9 Å². The van der Waals surface area contributed by atoms with Crippen LogP contribution in [0.1, 0.15) is 16.8 Å². The van der Waals surface area contributed by atoms with Gasteiger partial charge < -0.3 is 10.1 Å². The summed E-state index contributed by atoms with van der Waals surface area (Å²) < 4.78 is 5.30. The lowest BCUT2D eigenvalue weighted by Crippen LogP contribution is -2.25. The molecule has 0 radical (unpaired) electrons. The second-order valence-corrected chi connectivity index (χ2v) is 4.51. The summed E-state index contributed by atoms with van der Waals surface area (Å²) in [7, 11) is 0. The summed E-state index contributed by atoms with van der Waals surface area (Å²) in [6.45, 7) is 0.0529. The molecule has 1 aromatic carbocycles. The number of carbonyl (C=O) groups is 1. The number of amides is 1. The van der Waals surface area contributed by atoms with E-state index < -0.39 is 0 Å². The van der Waals surface area contributed by atoms with Gasteiger partial charge in [-0.1, -0.05) is 12.1 Å². The number of aromatic nitrogens is 1. The summed E-state index contributed by atoms with van der Waals surface area (Å²) in [6, 6.07) is 11.1. The van der Waals surface area contributed by atoms with Crippen molar-refractivity contribution in [3.05, 3.63) is 53.3 Å². The van der Waals surface area contributed by atoms with Crippen molar-refractivity contribution >= 4 is 23.7 Å². The van der Waals surface area contributed by atoms with E-state index in [1.54, 1.807) is 12.1 Å². The Bertz CT molecular complexity index is 758. The van der Waals surface area contributed by atoms with Gasteiger partial charge in [-0.25, -0.2) is 0 Å². The Morgan fingerprint density at radius 1 is 1.29 bits per heavy atom. The largest absolute Gasteiger partial charge is 0.482 e. The number of anilines is 1. The van der Waals surface area contributed by atoms with E-state index >= 15 is 0 Å². The maximum Gasteiger partial charge on any atom is 0.262 e. The number of rotatable bonds is 2. The molecule has 2 aromatic rings. The van der Waals surface area contributed by atoms with Crippen molar-refractivity contribution in [2.45, 2.75) is 0 Å². The normalized spacial score (nSPS) is 13.2. The Morgan fingerprint density at radius 3 is 2.95 bits per heavy atom. The minimum absolute atomic E-state index is 0.0529. The Balaban J connectivity index is 1.81. The lowest BCUT2D eigenvalue weighted by molar-refractivity contribution is -0.118. The smallest absolute Gasteiger partial charge is 0.262 e. The molecule has 3 rings (SSSR count). The number of nitrogens with zero attached hydrogens (tertiary/aromatic N) is 2. The molecule has 1 amide bonds. The molecule has 21 heavy (non-hydrogen) atoms. The maximum absolute atomic E-state index is 11.3. The van der Waals surface area contributed by atoms with Gasteiger partial charge >= 0.3 is 0 Å². The summed E-state index contributed by atoms with van der Waals surface area (Å²) in [5.74, 6) is 0.514. The number of hydrogen-bond acceptors (Lipinski definition) is 4. The molecule has 102 valence electrons. The van der Waals surface area contributed by atoms with E-state index in [0.29, 0.717) is 17.0 Å². The van der Waals surface area contributed by atoms with Crippen LogP contribution in [0.3, 0.4) is 0 Å². The van der Waals surface area contributed by atoms with Gasteiger partial charge in [0.15, 0.2) is 6.61 Å². The fourth-order valence-electron chi connectivity index (χ4n) is 1.96. The highest BCUT2D eigenvalue weighted by Crippen LogP contribution is 2.28. The van der Waals surface area contributed by atoms with Crippen molar-refractivity contribution in [3.8, 4) is 11.8 Å². The number of fused-ring (bicyclic) bond motifs is 1. The third-order valence-corrected chi connectivity index (χ3v) is 3.00. The molecule has 0 saturated carbocycles. The molecule has 0 saturated heterocycles. The molecule has 0 unspecified atom stereocenters. The number of pyridine rings is 1. The first-order chi connectivity index (χ1) is 10.2. The molecule has 1 aromatic heterocycles. The first-order valence-corrected chi connectivity index (χ1v) is 6.35. The van der Waals surface area contributed by atoms with Gasteiger partial charge in [0, 0.05) is 6.20 Å². The first-order valence-electron chi connectivity index (χ1n) is 6.35. The van der Waals surface area contributed by atoms with Gasteiger partial charge in [0.25, 0.3) is 5.91 Å². The number of ether oxygens (including phenoxy) is 1. The van der Waals surface area contributed by atoms with Crippen LogP contribution in [0.25, 0.3) is 12.2 Å². The van der Waals surface area contributed by atoms with Gasteiger partial charge in [-0.2, -0.15) is 5.26 Å². The molecule has 2 heterocycles. The summed E-state index contributed by atoms with van der Waals surface area (Å²) >= 11 is 0. The van der Waals surface area contributed by atoms with E-state index in [-0.39, 0.29) is 12.5 Å². The molecule has 0 bridgehead atoms. The van der Waals surface area contributed by atoms with Gasteiger partial charge in [0.2, 0.25) is 0 Å². The average Bonchev–Trinajstić information content (AvgIpc) is 2.53. The summed E-state index contributed by atoms with van der Waals surface area (Å²) in [4.78, 5) is 15.4. The molecule has 0 fully saturated rings. The van der Waals surface area contributed by atoms with E-state index in [2.05, 4.69) is 10.3 Å². The zero-order chi connectivity index (χ0) is 14.7. The Morgan fingerprint density at radius 2 is 2.19 bits per heavy atom. The van der Waals surface area contributed by atoms with E-state index in [9.17, 15) is 4.79 Å². The van der Waals surface area contributed by atoms with Crippen LogP contribution in [-0.2, 0) is 4.79 Å². The average molecular weight is 277 g/mol. The second kappa shape index (κ2) is 5.47. The predicted octanol–water partition coefficient (Wildman–Crippen LogP) is 2.45. The Labute approximate surface area is 121 Å². The minimum Gasteiger partial charge on any atom is -0.482 e. The molecule has 0 atom stereocenters. The van der Waals surface area contributed by atoms with Crippen LogP contribution >= 0.6 is 0 Å². The SMILES string of the molecule is N#Cc1ccc(/C=C/c2ccc3c(c2)NC(=O)CO3)nc1. The summed E-state index contributed by atoms with van der Waals surface area (Å²) in [5, 5.41) is 11.5. The van der Waals surface area contributed by atoms with E-state index in [0.717, 1.165) is 11.3 Å². The fraction of sp³-hybridized carbons (Fsp3) is 0.0625. The van der Waals surface area contributed by atoms with Crippen LogP contribution in [0, 0.1) is 11.3 Å². The highest BCUT2D eigenvalue weighted by molar-refractivity contribution is 5.95. The van der Waals surface area contributed by atoms with Crippen molar-refractivity contribution in [1.82, 2.24) is 4.98 Å². The lowest BCUT2D eigenvalue weighted by atomic mass is 10.1. The second-order valence-electron chi connectivity index (χ2n) is 4.51. The van der Waals surface area contributed by atoms with Crippen LogP contribution in [0.5, 0.6) is 5.75 Å². The van der Waals surface area contributed by atoms with Crippen molar-refractivity contribution in [2.75, 3.05) is 11.9 Å². The maximum atomic E-state index is 11.3. The Kier molecular flexibility index (Phi) is 3.36. The standard InChI is InChI=1S/C16H11N3O2/c17-8-12-2-5-13(18-9-12)4-1-11-3-6-15-14(7-11)19-16(20)10-21-15/h1-7,9H,10H2,(H,19,20)/b4-1+. The zero-order valence-electron chi connectivity index (χ0n) is 11.0. The van der Waals surface area contributed by atoms with Gasteiger partial charge in [-0.15, -0.1) is 0 Å². The Hall–Kier alpha value is -3.13. The molecule has 1 N–H and O–H groups in total. The third-order valence-electron chi connectivity index (χ3n) is 3.00. The number of nitrogens with one attached hydrogen (secondary N) is 1. The minimum atomic E-state index is -0.155. The molecule has 0 aliphatic carbocycles. The number of benzene rings is 1. The molecule has 5 heteroatoms. The van der Waals surface area contributed by atoms with Crippen LogP contribution in [-0.4, -0.2) is 17.5 Å².